The Labute approximate surface area is 341 Å². The number of aryl methyl sites for hydroxylation is 1. The van der Waals surface area contributed by atoms with Crippen molar-refractivity contribution in [2.75, 3.05) is 30.3 Å². The van der Waals surface area contributed by atoms with Crippen molar-refractivity contribution in [3.8, 4) is 5.75 Å². The molecule has 7 nitrogen and oxygen atoms in total. The SMILES string of the molecule is C=CS(=O)(=O)CCNC(=O)CCc1ccc(OC2=C(/C=C/C3=[N+](CCC)c4ccccc4C3(C)C)CCC/C2=C\C=C2\N(CCC)c3ccccc3C2(C)C)cc1. The van der Waals surface area contributed by atoms with Crippen molar-refractivity contribution >= 4 is 32.8 Å². The van der Waals surface area contributed by atoms with Crippen LogP contribution < -0.4 is 15.0 Å². The number of carbonyl (C=O) groups excluding carboxylic acids is 1. The van der Waals surface area contributed by atoms with Gasteiger partial charge in [-0.15, -0.1) is 0 Å². The van der Waals surface area contributed by atoms with Crippen LogP contribution in [0.25, 0.3) is 0 Å². The number of allylic oxidation sites excluding steroid dienone is 7. The summed E-state index contributed by atoms with van der Waals surface area (Å²) >= 11 is 0. The van der Waals surface area contributed by atoms with Crippen LogP contribution in [0.2, 0.25) is 0 Å². The highest BCUT2D eigenvalue weighted by atomic mass is 32.2. The maximum absolute atomic E-state index is 12.4. The van der Waals surface area contributed by atoms with Crippen LogP contribution in [-0.4, -0.2) is 50.0 Å². The van der Waals surface area contributed by atoms with Crippen LogP contribution in [0, 0.1) is 0 Å². The fourth-order valence-electron chi connectivity index (χ4n) is 8.53. The molecule has 3 aliphatic rings. The summed E-state index contributed by atoms with van der Waals surface area (Å²) in [5.41, 5.74) is 11.0. The lowest BCUT2D eigenvalue weighted by Gasteiger charge is -2.27. The number of hydrogen-bond acceptors (Lipinski definition) is 5. The molecular formula is C49H60N3O4S+. The average Bonchev–Trinajstić information content (AvgIpc) is 3.54. The largest absolute Gasteiger partial charge is 0.457 e. The molecule has 6 rings (SSSR count). The number of benzene rings is 3. The van der Waals surface area contributed by atoms with Gasteiger partial charge in [0.2, 0.25) is 11.6 Å². The molecular weight excluding hydrogens is 727 g/mol. The minimum atomic E-state index is -3.35. The van der Waals surface area contributed by atoms with Crippen molar-refractivity contribution in [1.29, 1.82) is 0 Å². The van der Waals surface area contributed by atoms with Crippen LogP contribution in [0.1, 0.15) is 96.8 Å². The quantitative estimate of drug-likeness (QED) is 0.146. The van der Waals surface area contributed by atoms with Crippen LogP contribution in [0.3, 0.4) is 0 Å². The number of para-hydroxylation sites is 2. The number of sulfone groups is 1. The van der Waals surface area contributed by atoms with Crippen molar-refractivity contribution in [3.05, 3.63) is 148 Å². The molecule has 57 heavy (non-hydrogen) atoms. The Hall–Kier alpha value is -4.95. The van der Waals surface area contributed by atoms with Crippen molar-refractivity contribution < 1.29 is 22.5 Å². The molecule has 8 heteroatoms. The van der Waals surface area contributed by atoms with Crippen LogP contribution >= 0.6 is 0 Å². The molecule has 0 saturated heterocycles. The summed E-state index contributed by atoms with van der Waals surface area (Å²) in [7, 11) is -3.35. The Morgan fingerprint density at radius 2 is 1.61 bits per heavy atom. The van der Waals surface area contributed by atoms with E-state index in [4.69, 9.17) is 4.74 Å². The van der Waals surface area contributed by atoms with Crippen LogP contribution in [0.4, 0.5) is 11.4 Å². The van der Waals surface area contributed by atoms with Gasteiger partial charge in [0.15, 0.2) is 15.5 Å². The number of ether oxygens (including phenoxy) is 1. The van der Waals surface area contributed by atoms with E-state index in [2.05, 4.69) is 136 Å². The molecule has 0 atom stereocenters. The predicted octanol–water partition coefficient (Wildman–Crippen LogP) is 10.2. The van der Waals surface area contributed by atoms with E-state index in [1.165, 1.54) is 45.1 Å². The number of amides is 1. The third kappa shape index (κ3) is 9.12. The average molecular weight is 787 g/mol. The molecule has 2 aliphatic heterocycles. The zero-order valence-corrected chi connectivity index (χ0v) is 35.6. The molecule has 0 unspecified atom stereocenters. The van der Waals surface area contributed by atoms with Crippen molar-refractivity contribution in [2.24, 2.45) is 0 Å². The van der Waals surface area contributed by atoms with Gasteiger partial charge >= 0.3 is 0 Å². The van der Waals surface area contributed by atoms with Gasteiger partial charge in [-0.1, -0.05) is 88.9 Å². The molecule has 0 bridgehead atoms. The molecule has 0 saturated carbocycles. The van der Waals surface area contributed by atoms with E-state index in [1.807, 2.05) is 24.3 Å². The Kier molecular flexibility index (Phi) is 12.9. The lowest BCUT2D eigenvalue weighted by molar-refractivity contribution is -0.437. The van der Waals surface area contributed by atoms with Gasteiger partial charge in [0.1, 0.15) is 18.1 Å². The molecule has 3 aromatic carbocycles. The molecule has 1 aliphatic carbocycles. The number of nitrogens with zero attached hydrogens (tertiary/aromatic N) is 2. The number of anilines is 1. The molecule has 1 amide bonds. The number of hydrogen-bond donors (Lipinski definition) is 1. The first-order valence-electron chi connectivity index (χ1n) is 20.6. The summed E-state index contributed by atoms with van der Waals surface area (Å²) in [6, 6.07) is 25.6. The van der Waals surface area contributed by atoms with E-state index in [-0.39, 0.29) is 35.5 Å². The predicted molar refractivity (Wildman–Crippen MR) is 235 cm³/mol. The second kappa shape index (κ2) is 17.7. The molecule has 300 valence electrons. The van der Waals surface area contributed by atoms with Crippen LogP contribution in [-0.2, 0) is 31.9 Å². The second-order valence-corrected chi connectivity index (χ2v) is 18.5. The van der Waals surface area contributed by atoms with E-state index in [1.54, 1.807) is 0 Å². The summed E-state index contributed by atoms with van der Waals surface area (Å²) in [6.45, 7) is 19.1. The highest BCUT2D eigenvalue weighted by Gasteiger charge is 2.44. The lowest BCUT2D eigenvalue weighted by Crippen LogP contribution is -2.28. The first-order valence-corrected chi connectivity index (χ1v) is 22.4. The number of carbonyl (C=O) groups is 1. The molecule has 0 aromatic heterocycles. The van der Waals surface area contributed by atoms with E-state index in [9.17, 15) is 13.2 Å². The minimum Gasteiger partial charge on any atom is -0.457 e. The molecule has 0 spiro atoms. The maximum atomic E-state index is 12.4. The van der Waals surface area contributed by atoms with E-state index in [0.717, 1.165) is 67.7 Å². The minimum absolute atomic E-state index is 0.0692. The van der Waals surface area contributed by atoms with Crippen molar-refractivity contribution in [1.82, 2.24) is 5.32 Å². The zero-order valence-electron chi connectivity index (χ0n) is 34.7. The van der Waals surface area contributed by atoms with Crippen LogP contribution in [0.15, 0.2) is 132 Å². The summed E-state index contributed by atoms with van der Waals surface area (Å²) in [6.07, 6.45) is 15.0. The normalized spacial score (nSPS) is 18.7. The third-order valence-corrected chi connectivity index (χ3v) is 12.9. The number of rotatable bonds is 16. The van der Waals surface area contributed by atoms with Crippen molar-refractivity contribution in [2.45, 2.75) is 97.3 Å². The highest BCUT2D eigenvalue weighted by Crippen LogP contribution is 2.48. The Morgan fingerprint density at radius 1 is 0.895 bits per heavy atom. The third-order valence-electron chi connectivity index (χ3n) is 11.6. The summed E-state index contributed by atoms with van der Waals surface area (Å²) in [5.74, 6) is 1.31. The first kappa shape index (κ1) is 41.7. The number of fused-ring (bicyclic) bond motifs is 2. The Morgan fingerprint density at radius 3 is 2.33 bits per heavy atom. The van der Waals surface area contributed by atoms with E-state index < -0.39 is 9.84 Å². The molecule has 0 fully saturated rings. The van der Waals surface area contributed by atoms with Gasteiger partial charge in [-0.2, -0.15) is 4.58 Å². The topological polar surface area (TPSA) is 78.7 Å². The molecule has 0 radical (unpaired) electrons. The van der Waals surface area contributed by atoms with E-state index >= 15 is 0 Å². The molecule has 2 heterocycles. The second-order valence-electron chi connectivity index (χ2n) is 16.4. The standard InChI is InChI=1S/C49H59N3O4S/c1-8-33-51-42-20-13-11-18-40(42)48(4,5)44(51)29-25-37-16-15-17-38(26-30-45-49(6,7)41-19-12-14-21-43(41)52(45)34-9-2)47(37)56-39-27-22-36(23-28-39)24-31-46(53)50-32-35-57(54,55)10-3/h10-14,18-23,25-30H,3,8-9,15-17,24,31-35H2,1-2,4-7H3/p+1. The molecule has 1 N–H and O–H groups in total. The fourth-order valence-corrected chi connectivity index (χ4v) is 9.08. The van der Waals surface area contributed by atoms with Crippen LogP contribution in [0.5, 0.6) is 5.75 Å². The first-order chi connectivity index (χ1) is 27.3. The van der Waals surface area contributed by atoms with Gasteiger partial charge < -0.3 is 15.0 Å². The van der Waals surface area contributed by atoms with Gasteiger partial charge in [-0.3, -0.25) is 4.79 Å². The highest BCUT2D eigenvalue weighted by molar-refractivity contribution is 7.94. The van der Waals surface area contributed by atoms with E-state index in [0.29, 0.717) is 6.42 Å². The monoisotopic (exact) mass is 786 g/mol. The smallest absolute Gasteiger partial charge is 0.220 e. The Balaban J connectivity index is 1.32. The van der Waals surface area contributed by atoms with Gasteiger partial charge in [0.05, 0.1) is 11.2 Å². The van der Waals surface area contributed by atoms with Crippen molar-refractivity contribution in [3.63, 3.8) is 0 Å². The summed E-state index contributed by atoms with van der Waals surface area (Å²) in [4.78, 5) is 14.9. The van der Waals surface area contributed by atoms with Gasteiger partial charge in [-0.25, -0.2) is 8.42 Å². The zero-order chi connectivity index (χ0) is 40.8. The van der Waals surface area contributed by atoms with Gasteiger partial charge in [0, 0.05) is 65.8 Å². The van der Waals surface area contributed by atoms with Gasteiger partial charge in [0.25, 0.3) is 0 Å². The Bertz CT molecular complexity index is 2250. The molecule has 3 aromatic rings. The van der Waals surface area contributed by atoms with Gasteiger partial charge in [-0.05, 0) is 98.6 Å². The number of nitrogens with one attached hydrogen (secondary N) is 1. The fraction of sp³-hybridized carbons (Fsp3) is 0.388. The summed E-state index contributed by atoms with van der Waals surface area (Å²) in [5, 5.41) is 3.62. The lowest BCUT2D eigenvalue weighted by atomic mass is 9.81. The maximum Gasteiger partial charge on any atom is 0.220 e. The summed E-state index contributed by atoms with van der Waals surface area (Å²) < 4.78 is 32.8.